The first-order valence-electron chi connectivity index (χ1n) is 4.59. The Labute approximate surface area is 97.3 Å². The van der Waals surface area contributed by atoms with Gasteiger partial charge in [0, 0.05) is 0 Å². The molecule has 6 heteroatoms. The maximum atomic E-state index is 11.3. The number of carbonyl (C=O) groups excluding carboxylic acids is 1. The van der Waals surface area contributed by atoms with E-state index in [2.05, 4.69) is 16.6 Å². The van der Waals surface area contributed by atoms with E-state index < -0.39 is 12.0 Å². The first kappa shape index (κ1) is 12.4. The molecule has 4 N–H and O–H groups in total. The number of nitrogens with one attached hydrogen (secondary N) is 2. The van der Waals surface area contributed by atoms with Crippen molar-refractivity contribution < 1.29 is 19.8 Å². The Morgan fingerprint density at radius 1 is 1.41 bits per heavy atom. The van der Waals surface area contributed by atoms with Gasteiger partial charge in [0.2, 0.25) is 0 Å². The number of anilines is 1. The van der Waals surface area contributed by atoms with Crippen LogP contribution in [0.2, 0.25) is 0 Å². The Morgan fingerprint density at radius 2 is 2.12 bits per heavy atom. The monoisotopic (exact) mass is 234 g/mol. The van der Waals surface area contributed by atoms with E-state index in [1.54, 1.807) is 0 Å². The summed E-state index contributed by atoms with van der Waals surface area (Å²) in [5, 5.41) is 22.6. The van der Waals surface area contributed by atoms with Gasteiger partial charge in [0.1, 0.15) is 5.75 Å². The molecule has 6 nitrogen and oxygen atoms in total. The minimum absolute atomic E-state index is 0.0340. The minimum Gasteiger partial charge on any atom is -0.508 e. The van der Waals surface area contributed by atoms with E-state index in [9.17, 15) is 9.59 Å². The van der Waals surface area contributed by atoms with Crippen LogP contribution in [0.5, 0.6) is 5.75 Å². The van der Waals surface area contributed by atoms with E-state index in [4.69, 9.17) is 16.6 Å². The van der Waals surface area contributed by atoms with E-state index in [-0.39, 0.29) is 23.5 Å². The van der Waals surface area contributed by atoms with E-state index in [1.165, 1.54) is 12.1 Å². The van der Waals surface area contributed by atoms with Gasteiger partial charge < -0.3 is 20.8 Å². The van der Waals surface area contributed by atoms with E-state index in [0.717, 1.165) is 6.07 Å². The van der Waals surface area contributed by atoms with Gasteiger partial charge in [-0.25, -0.2) is 9.59 Å². The molecule has 0 spiro atoms. The number of urea groups is 1. The maximum absolute atomic E-state index is 11.3. The number of carboxylic acid groups (broad SMARTS) is 1. The van der Waals surface area contributed by atoms with Crippen molar-refractivity contribution in [1.29, 1.82) is 0 Å². The summed E-state index contributed by atoms with van der Waals surface area (Å²) in [7, 11) is 0. The Kier molecular flexibility index (Phi) is 3.95. The van der Waals surface area contributed by atoms with Crippen molar-refractivity contribution in [2.45, 2.75) is 0 Å². The van der Waals surface area contributed by atoms with Crippen molar-refractivity contribution in [2.75, 3.05) is 11.9 Å². The number of benzene rings is 1. The Morgan fingerprint density at radius 3 is 2.71 bits per heavy atom. The summed E-state index contributed by atoms with van der Waals surface area (Å²) in [6, 6.07) is 2.98. The van der Waals surface area contributed by atoms with Crippen LogP contribution >= 0.6 is 0 Å². The van der Waals surface area contributed by atoms with E-state index >= 15 is 0 Å². The Balaban J connectivity index is 2.87. The van der Waals surface area contributed by atoms with Gasteiger partial charge >= 0.3 is 12.0 Å². The molecule has 0 bridgehead atoms. The molecular weight excluding hydrogens is 224 g/mol. The van der Waals surface area contributed by atoms with Gasteiger partial charge in [-0.3, -0.25) is 0 Å². The molecule has 1 aromatic carbocycles. The topological polar surface area (TPSA) is 98.7 Å². The molecule has 0 aliphatic carbocycles. The zero-order valence-corrected chi connectivity index (χ0v) is 8.73. The van der Waals surface area contributed by atoms with Crippen molar-refractivity contribution in [1.82, 2.24) is 5.32 Å². The summed E-state index contributed by atoms with van der Waals surface area (Å²) in [5.74, 6) is 0.749. The summed E-state index contributed by atoms with van der Waals surface area (Å²) in [6.07, 6.45) is 4.95. The minimum atomic E-state index is -1.26. The van der Waals surface area contributed by atoms with Crippen LogP contribution in [0.15, 0.2) is 18.2 Å². The highest BCUT2D eigenvalue weighted by atomic mass is 16.4. The standard InChI is InChI=1S/C11H10N2O4/c1-2-5-12-11(17)13-9-4-3-7(14)6-8(9)10(15)16/h1,3-4,6,14H,5H2,(H,15,16)(H2,12,13,17). The molecule has 88 valence electrons. The van der Waals surface area contributed by atoms with Gasteiger partial charge in [-0.2, -0.15) is 0 Å². The summed E-state index contributed by atoms with van der Waals surface area (Å²) in [6.45, 7) is 0.0340. The van der Waals surface area contributed by atoms with Crippen molar-refractivity contribution >= 4 is 17.7 Å². The quantitative estimate of drug-likeness (QED) is 0.460. The smallest absolute Gasteiger partial charge is 0.337 e. The molecule has 0 heterocycles. The molecule has 0 aliphatic rings. The van der Waals surface area contributed by atoms with Crippen molar-refractivity contribution in [2.24, 2.45) is 0 Å². The van der Waals surface area contributed by atoms with Crippen LogP contribution in [0.25, 0.3) is 0 Å². The van der Waals surface area contributed by atoms with Crippen molar-refractivity contribution in [3.8, 4) is 18.1 Å². The van der Waals surface area contributed by atoms with Crippen LogP contribution in [-0.2, 0) is 0 Å². The fraction of sp³-hybridized carbons (Fsp3) is 0.0909. The number of carboxylic acids is 1. The number of amides is 2. The average Bonchev–Trinajstić information content (AvgIpc) is 2.28. The second-order valence-electron chi connectivity index (χ2n) is 3.05. The number of rotatable bonds is 3. The predicted octanol–water partition coefficient (Wildman–Crippen LogP) is 0.845. The summed E-state index contributed by atoms with van der Waals surface area (Å²) >= 11 is 0. The largest absolute Gasteiger partial charge is 0.508 e. The third-order valence-corrected chi connectivity index (χ3v) is 1.83. The molecule has 0 saturated carbocycles. The van der Waals surface area contributed by atoms with Gasteiger partial charge in [0.05, 0.1) is 17.8 Å². The zero-order chi connectivity index (χ0) is 12.8. The van der Waals surface area contributed by atoms with Gasteiger partial charge in [0.25, 0.3) is 0 Å². The number of hydrogen-bond donors (Lipinski definition) is 4. The summed E-state index contributed by atoms with van der Waals surface area (Å²) in [5.41, 5.74) is -0.134. The lowest BCUT2D eigenvalue weighted by atomic mass is 10.1. The van der Waals surface area contributed by atoms with Crippen LogP contribution in [0.3, 0.4) is 0 Å². The molecule has 0 radical (unpaired) electrons. The summed E-state index contributed by atoms with van der Waals surface area (Å²) in [4.78, 5) is 22.1. The molecule has 2 amide bonds. The highest BCUT2D eigenvalue weighted by Crippen LogP contribution is 2.21. The first-order chi connectivity index (χ1) is 8.04. The van der Waals surface area contributed by atoms with Crippen molar-refractivity contribution in [3.63, 3.8) is 0 Å². The molecule has 0 saturated heterocycles. The predicted molar refractivity (Wildman–Crippen MR) is 60.9 cm³/mol. The number of hydrogen-bond acceptors (Lipinski definition) is 3. The Bertz CT molecular complexity index is 491. The van der Waals surface area contributed by atoms with Crippen LogP contribution < -0.4 is 10.6 Å². The molecule has 0 unspecified atom stereocenters. The number of aromatic carboxylic acids is 1. The lowest BCUT2D eigenvalue weighted by molar-refractivity contribution is 0.0697. The van der Waals surface area contributed by atoms with Crippen LogP contribution in [0.1, 0.15) is 10.4 Å². The van der Waals surface area contributed by atoms with E-state index in [1.807, 2.05) is 0 Å². The third-order valence-electron chi connectivity index (χ3n) is 1.83. The fourth-order valence-corrected chi connectivity index (χ4v) is 1.12. The summed E-state index contributed by atoms with van der Waals surface area (Å²) < 4.78 is 0. The number of aromatic hydroxyl groups is 1. The molecule has 17 heavy (non-hydrogen) atoms. The Hall–Kier alpha value is -2.68. The van der Waals surface area contributed by atoms with Crippen LogP contribution in [0.4, 0.5) is 10.5 Å². The SMILES string of the molecule is C#CCNC(=O)Nc1ccc(O)cc1C(=O)O. The number of terminal acetylenes is 1. The zero-order valence-electron chi connectivity index (χ0n) is 8.73. The molecule has 1 aromatic rings. The number of phenols is 1. The normalized spacial score (nSPS) is 9.12. The average molecular weight is 234 g/mol. The maximum Gasteiger partial charge on any atom is 0.337 e. The van der Waals surface area contributed by atoms with Crippen molar-refractivity contribution in [3.05, 3.63) is 23.8 Å². The molecule has 0 aliphatic heterocycles. The second-order valence-corrected chi connectivity index (χ2v) is 3.05. The number of carbonyl (C=O) groups is 2. The molecular formula is C11H10N2O4. The lowest BCUT2D eigenvalue weighted by Gasteiger charge is -2.08. The number of phenolic OH excluding ortho intramolecular Hbond substituents is 1. The molecule has 0 fully saturated rings. The van der Waals surface area contributed by atoms with Gasteiger partial charge in [-0.15, -0.1) is 6.42 Å². The first-order valence-corrected chi connectivity index (χ1v) is 4.59. The highest BCUT2D eigenvalue weighted by molar-refractivity contribution is 6.00. The van der Waals surface area contributed by atoms with Gasteiger partial charge in [0.15, 0.2) is 0 Å². The molecule has 1 rings (SSSR count). The van der Waals surface area contributed by atoms with Gasteiger partial charge in [-0.1, -0.05) is 5.92 Å². The van der Waals surface area contributed by atoms with Crippen LogP contribution in [0, 0.1) is 12.3 Å². The highest BCUT2D eigenvalue weighted by Gasteiger charge is 2.12. The molecule has 0 atom stereocenters. The van der Waals surface area contributed by atoms with Gasteiger partial charge in [-0.05, 0) is 18.2 Å². The van der Waals surface area contributed by atoms with Crippen LogP contribution in [-0.4, -0.2) is 28.8 Å². The lowest BCUT2D eigenvalue weighted by Crippen LogP contribution is -2.29. The van der Waals surface area contributed by atoms with E-state index in [0.29, 0.717) is 0 Å². The third kappa shape index (κ3) is 3.43. The second kappa shape index (κ2) is 5.42. The molecule has 0 aromatic heterocycles. The fourth-order valence-electron chi connectivity index (χ4n) is 1.12.